The van der Waals surface area contributed by atoms with Crippen molar-refractivity contribution in [2.75, 3.05) is 57.3 Å². The number of fused-ring (bicyclic) bond motifs is 4. The second kappa shape index (κ2) is 7.79. The quantitative estimate of drug-likeness (QED) is 0.424. The minimum Gasteiger partial charge on any atom is -0.369 e. The number of hydrogen-bond donors (Lipinski definition) is 0. The van der Waals surface area contributed by atoms with Gasteiger partial charge < -0.3 is 4.90 Å². The SMILES string of the molecule is c1cc2nc3ccc(=[N+]4CCN5CCC[C@H]5C4)cc-3sc2cc1N1CCN2CCC[C@H]2C1. The number of anilines is 1. The van der Waals surface area contributed by atoms with E-state index in [-0.39, 0.29) is 0 Å². The molecule has 5 nitrogen and oxygen atoms in total. The summed E-state index contributed by atoms with van der Waals surface area (Å²) in [5.74, 6) is 0. The molecule has 32 heavy (non-hydrogen) atoms. The molecule has 1 aromatic carbocycles. The first-order chi connectivity index (χ1) is 15.8. The van der Waals surface area contributed by atoms with Gasteiger partial charge in [0.25, 0.3) is 0 Å². The summed E-state index contributed by atoms with van der Waals surface area (Å²) >= 11 is 1.91. The molecule has 0 N–H and O–H groups in total. The molecule has 4 saturated heterocycles. The van der Waals surface area contributed by atoms with Gasteiger partial charge in [0.05, 0.1) is 33.4 Å². The fourth-order valence-corrected chi connectivity index (χ4v) is 7.48. The second-order valence-corrected chi connectivity index (χ2v) is 11.2. The van der Waals surface area contributed by atoms with Crippen molar-refractivity contribution in [1.29, 1.82) is 0 Å². The molecule has 0 unspecified atom stereocenters. The van der Waals surface area contributed by atoms with Crippen LogP contribution in [0.1, 0.15) is 25.7 Å². The van der Waals surface area contributed by atoms with E-state index in [1.54, 1.807) is 0 Å². The molecule has 5 heterocycles. The van der Waals surface area contributed by atoms with Gasteiger partial charge >= 0.3 is 0 Å². The van der Waals surface area contributed by atoms with Crippen LogP contribution >= 0.6 is 11.3 Å². The summed E-state index contributed by atoms with van der Waals surface area (Å²) in [7, 11) is 0. The van der Waals surface area contributed by atoms with Crippen LogP contribution in [0.2, 0.25) is 0 Å². The zero-order valence-corrected chi connectivity index (χ0v) is 19.6. The third-order valence-electron chi connectivity index (χ3n) is 8.25. The Kier molecular flexibility index (Phi) is 4.73. The lowest BCUT2D eigenvalue weighted by atomic mass is 10.1. The molecule has 6 aliphatic rings. The summed E-state index contributed by atoms with van der Waals surface area (Å²) in [6, 6.07) is 15.3. The van der Waals surface area contributed by atoms with Crippen molar-refractivity contribution in [3.63, 3.8) is 0 Å². The Morgan fingerprint density at radius 2 is 1.75 bits per heavy atom. The van der Waals surface area contributed by atoms with Gasteiger partial charge in [0, 0.05) is 43.5 Å². The molecular weight excluding hydrogens is 414 g/mol. The predicted octanol–water partition coefficient (Wildman–Crippen LogP) is 2.94. The standard InChI is InChI=1S/C26H32N5S/c1-3-21-17-30(13-11-28(21)9-1)19-5-7-23-25(15-19)32-26-16-20(6-8-24(26)27-23)31-14-12-29-10-2-4-22(29)18-31/h5-8,15-16,21-22H,1-4,9-14,17-18H2/q+1/t21-,22-/m0/s1. The normalized spacial score (nSPS) is 28.4. The van der Waals surface area contributed by atoms with Gasteiger partial charge in [0.15, 0.2) is 13.1 Å². The van der Waals surface area contributed by atoms with Gasteiger partial charge in [-0.1, -0.05) is 0 Å². The summed E-state index contributed by atoms with van der Waals surface area (Å²) in [4.78, 5) is 14.3. The molecule has 0 saturated carbocycles. The molecule has 1 aromatic rings. The van der Waals surface area contributed by atoms with Gasteiger partial charge in [-0.2, -0.15) is 0 Å². The monoisotopic (exact) mass is 446 g/mol. The lowest BCUT2D eigenvalue weighted by Crippen LogP contribution is -2.51. The third kappa shape index (κ3) is 3.35. The van der Waals surface area contributed by atoms with E-state index in [0.29, 0.717) is 0 Å². The Labute approximate surface area is 193 Å². The fourth-order valence-electron chi connectivity index (χ4n) is 6.45. The van der Waals surface area contributed by atoms with Crippen molar-refractivity contribution >= 4 is 27.2 Å². The van der Waals surface area contributed by atoms with Crippen LogP contribution in [-0.4, -0.2) is 79.2 Å². The molecule has 5 aliphatic heterocycles. The summed E-state index contributed by atoms with van der Waals surface area (Å²) in [6.07, 6.45) is 5.45. The maximum Gasteiger partial charge on any atom is 0.201 e. The highest BCUT2D eigenvalue weighted by Crippen LogP contribution is 2.33. The molecule has 2 atom stereocenters. The lowest BCUT2D eigenvalue weighted by molar-refractivity contribution is 0.193. The zero-order valence-electron chi connectivity index (χ0n) is 18.7. The largest absolute Gasteiger partial charge is 0.369 e. The predicted molar refractivity (Wildman–Crippen MR) is 133 cm³/mol. The van der Waals surface area contributed by atoms with Gasteiger partial charge in [-0.05, 0) is 63.0 Å². The lowest BCUT2D eigenvalue weighted by Gasteiger charge is -2.38. The maximum atomic E-state index is 5.01. The van der Waals surface area contributed by atoms with Crippen LogP contribution in [0.5, 0.6) is 0 Å². The van der Waals surface area contributed by atoms with Crippen LogP contribution in [0.3, 0.4) is 0 Å². The van der Waals surface area contributed by atoms with Crippen LogP contribution in [0.15, 0.2) is 36.4 Å². The first kappa shape index (κ1) is 19.4. The van der Waals surface area contributed by atoms with Crippen LogP contribution in [0, 0.1) is 0 Å². The smallest absolute Gasteiger partial charge is 0.201 e. The molecule has 0 aromatic heterocycles. The maximum absolute atomic E-state index is 5.01. The molecule has 4 fully saturated rings. The summed E-state index contributed by atoms with van der Waals surface area (Å²) < 4.78 is 3.90. The van der Waals surface area contributed by atoms with E-state index >= 15 is 0 Å². The summed E-state index contributed by atoms with van der Waals surface area (Å²) in [5.41, 5.74) is 3.62. The minimum absolute atomic E-state index is 0.751. The number of aromatic nitrogens is 1. The Hall–Kier alpha value is -2.02. The van der Waals surface area contributed by atoms with Crippen molar-refractivity contribution in [1.82, 2.24) is 19.4 Å². The van der Waals surface area contributed by atoms with Gasteiger partial charge in [0.2, 0.25) is 5.36 Å². The van der Waals surface area contributed by atoms with E-state index in [4.69, 9.17) is 4.98 Å². The van der Waals surface area contributed by atoms with E-state index in [0.717, 1.165) is 36.4 Å². The van der Waals surface area contributed by atoms with E-state index in [1.807, 2.05) is 11.3 Å². The van der Waals surface area contributed by atoms with Crippen molar-refractivity contribution in [2.24, 2.45) is 0 Å². The van der Waals surface area contributed by atoms with E-state index < -0.39 is 0 Å². The Morgan fingerprint density at radius 3 is 2.69 bits per heavy atom. The third-order valence-corrected chi connectivity index (χ3v) is 9.35. The van der Waals surface area contributed by atoms with E-state index in [2.05, 4.69) is 55.7 Å². The molecule has 6 heteroatoms. The molecule has 166 valence electrons. The van der Waals surface area contributed by atoms with Gasteiger partial charge in [0.1, 0.15) is 0 Å². The molecule has 1 aliphatic carbocycles. The van der Waals surface area contributed by atoms with Crippen molar-refractivity contribution in [3.05, 3.63) is 41.8 Å². The summed E-state index contributed by atoms with van der Waals surface area (Å²) in [6.45, 7) is 9.65. The average Bonchev–Trinajstić information content (AvgIpc) is 3.50. The highest BCUT2D eigenvalue weighted by molar-refractivity contribution is 7.21. The number of rotatable bonds is 1. The number of piperazine rings is 2. The average molecular weight is 447 g/mol. The Morgan fingerprint density at radius 1 is 0.875 bits per heavy atom. The van der Waals surface area contributed by atoms with Crippen LogP contribution < -0.4 is 14.8 Å². The molecule has 0 bridgehead atoms. The van der Waals surface area contributed by atoms with Crippen molar-refractivity contribution in [2.45, 2.75) is 37.8 Å². The molecule has 0 spiro atoms. The highest BCUT2D eigenvalue weighted by atomic mass is 32.1. The summed E-state index contributed by atoms with van der Waals surface area (Å²) in [5, 5.41) is 1.37. The zero-order chi connectivity index (χ0) is 21.1. The van der Waals surface area contributed by atoms with E-state index in [9.17, 15) is 0 Å². The van der Waals surface area contributed by atoms with Crippen LogP contribution in [-0.2, 0) is 0 Å². The van der Waals surface area contributed by atoms with Crippen LogP contribution in [0.25, 0.3) is 20.8 Å². The number of nitrogens with zero attached hydrogens (tertiary/aromatic N) is 5. The Bertz CT molecular complexity index is 1200. The van der Waals surface area contributed by atoms with E-state index in [1.165, 1.54) is 85.6 Å². The molecule has 7 rings (SSSR count). The van der Waals surface area contributed by atoms with Crippen LogP contribution in [0.4, 0.5) is 5.69 Å². The first-order valence-corrected chi connectivity index (χ1v) is 13.3. The number of hydrogen-bond acceptors (Lipinski definition) is 5. The Balaban J connectivity index is 1.24. The van der Waals surface area contributed by atoms with Gasteiger partial charge in [-0.3, -0.25) is 9.80 Å². The van der Waals surface area contributed by atoms with Gasteiger partial charge in [-0.15, -0.1) is 11.3 Å². The molecule has 0 radical (unpaired) electrons. The molecular formula is C26H32N5S+. The number of benzene rings is 2. The second-order valence-electron chi connectivity index (χ2n) is 10.1. The van der Waals surface area contributed by atoms with Crippen molar-refractivity contribution < 1.29 is 0 Å². The minimum atomic E-state index is 0.751. The molecule has 0 amide bonds. The van der Waals surface area contributed by atoms with Gasteiger partial charge in [-0.25, -0.2) is 9.56 Å². The topological polar surface area (TPSA) is 25.6 Å². The fraction of sp³-hybridized carbons (Fsp3) is 0.538. The first-order valence-electron chi connectivity index (χ1n) is 12.5. The van der Waals surface area contributed by atoms with Crippen molar-refractivity contribution in [3.8, 4) is 10.6 Å². The highest BCUT2D eigenvalue weighted by Gasteiger charge is 2.33.